The third kappa shape index (κ3) is 4.07. The van der Waals surface area contributed by atoms with Crippen molar-refractivity contribution in [1.29, 1.82) is 0 Å². The molecular weight excluding hydrogens is 274 g/mol. The Bertz CT molecular complexity index is 698. The summed E-state index contributed by atoms with van der Waals surface area (Å²) in [6.07, 6.45) is 4.02. The van der Waals surface area contributed by atoms with Crippen LogP contribution in [0.4, 0.5) is 0 Å². The van der Waals surface area contributed by atoms with Crippen LogP contribution in [-0.4, -0.2) is 32.0 Å². The molecule has 7 heteroatoms. The number of carboxylic acid groups (broad SMARTS) is 1. The van der Waals surface area contributed by atoms with Crippen LogP contribution in [0.15, 0.2) is 41.5 Å². The van der Waals surface area contributed by atoms with E-state index in [0.717, 1.165) is 11.6 Å². The molecular formula is C14H15N3O4. The molecule has 21 heavy (non-hydrogen) atoms. The van der Waals surface area contributed by atoms with Gasteiger partial charge in [-0.2, -0.15) is 5.10 Å². The molecule has 0 aliphatic carbocycles. The van der Waals surface area contributed by atoms with Gasteiger partial charge < -0.3 is 9.84 Å². The Morgan fingerprint density at radius 1 is 1.38 bits per heavy atom. The van der Waals surface area contributed by atoms with Gasteiger partial charge in [-0.1, -0.05) is 12.1 Å². The molecule has 2 aromatic rings. The summed E-state index contributed by atoms with van der Waals surface area (Å²) >= 11 is 0. The van der Waals surface area contributed by atoms with Crippen molar-refractivity contribution in [2.45, 2.75) is 6.54 Å². The van der Waals surface area contributed by atoms with Crippen LogP contribution in [0.1, 0.15) is 5.56 Å². The molecule has 2 rings (SSSR count). The van der Waals surface area contributed by atoms with Gasteiger partial charge in [-0.25, -0.2) is 14.3 Å². The topological polar surface area (TPSA) is 86.3 Å². The molecule has 1 aromatic carbocycles. The summed E-state index contributed by atoms with van der Waals surface area (Å²) in [5.41, 5.74) is 0.582. The molecule has 0 atom stereocenters. The Kier molecular flexibility index (Phi) is 4.55. The van der Waals surface area contributed by atoms with Crippen molar-refractivity contribution in [3.05, 3.63) is 52.7 Å². The Morgan fingerprint density at radius 2 is 2.10 bits per heavy atom. The van der Waals surface area contributed by atoms with Crippen LogP contribution in [0.5, 0.6) is 5.75 Å². The van der Waals surface area contributed by atoms with Crippen LogP contribution in [0.3, 0.4) is 0 Å². The number of aromatic nitrogens is 3. The van der Waals surface area contributed by atoms with Gasteiger partial charge in [0.15, 0.2) is 0 Å². The number of aryl methyl sites for hydroxylation is 1. The lowest BCUT2D eigenvalue weighted by Crippen LogP contribution is -2.25. The number of hydrogen-bond donors (Lipinski definition) is 1. The standard InChI is InChI=1S/C14H15N3O4/c1-16-10-15-17(14(16)20)8-9-21-12-5-2-11(3-6-12)4-7-13(18)19/h2-7,10H,8-9H2,1H3,(H,18,19)/b7-4+. The Balaban J connectivity index is 1.88. The molecule has 1 aromatic heterocycles. The minimum absolute atomic E-state index is 0.187. The average Bonchev–Trinajstić information content (AvgIpc) is 2.78. The Morgan fingerprint density at radius 3 is 2.67 bits per heavy atom. The monoisotopic (exact) mass is 289 g/mol. The summed E-state index contributed by atoms with van der Waals surface area (Å²) in [5, 5.41) is 12.5. The van der Waals surface area contributed by atoms with Crippen molar-refractivity contribution in [3.8, 4) is 5.75 Å². The molecule has 0 aliphatic heterocycles. The lowest BCUT2D eigenvalue weighted by molar-refractivity contribution is -0.131. The maximum Gasteiger partial charge on any atom is 0.345 e. The van der Waals surface area contributed by atoms with Crippen molar-refractivity contribution in [1.82, 2.24) is 14.3 Å². The summed E-state index contributed by atoms with van der Waals surface area (Å²) in [6, 6.07) is 6.98. The number of benzene rings is 1. The maximum absolute atomic E-state index is 11.5. The van der Waals surface area contributed by atoms with E-state index in [2.05, 4.69) is 5.10 Å². The van der Waals surface area contributed by atoms with Crippen LogP contribution in [0.2, 0.25) is 0 Å². The van der Waals surface area contributed by atoms with Crippen molar-refractivity contribution in [2.24, 2.45) is 7.05 Å². The fraction of sp³-hybridized carbons (Fsp3) is 0.214. The molecule has 0 unspecified atom stereocenters. The molecule has 0 radical (unpaired) electrons. The lowest BCUT2D eigenvalue weighted by Gasteiger charge is -2.05. The van der Waals surface area contributed by atoms with E-state index in [0.29, 0.717) is 18.9 Å². The molecule has 0 amide bonds. The van der Waals surface area contributed by atoms with Gasteiger partial charge >= 0.3 is 11.7 Å². The van der Waals surface area contributed by atoms with E-state index in [4.69, 9.17) is 9.84 Å². The molecule has 0 saturated carbocycles. The number of aliphatic carboxylic acids is 1. The molecule has 0 fully saturated rings. The van der Waals surface area contributed by atoms with Gasteiger partial charge in [0.05, 0.1) is 6.54 Å². The summed E-state index contributed by atoms with van der Waals surface area (Å²) in [4.78, 5) is 21.9. The highest BCUT2D eigenvalue weighted by atomic mass is 16.5. The number of carboxylic acids is 1. The minimum Gasteiger partial charge on any atom is -0.492 e. The SMILES string of the molecule is Cn1cnn(CCOc2ccc(/C=C/C(=O)O)cc2)c1=O. The van der Waals surface area contributed by atoms with Gasteiger partial charge in [0.1, 0.15) is 18.7 Å². The highest BCUT2D eigenvalue weighted by Crippen LogP contribution is 2.13. The van der Waals surface area contributed by atoms with Crippen LogP contribution in [0, 0.1) is 0 Å². The number of hydrogen-bond acceptors (Lipinski definition) is 4. The molecule has 110 valence electrons. The molecule has 0 aliphatic rings. The van der Waals surface area contributed by atoms with Crippen LogP contribution in [0.25, 0.3) is 6.08 Å². The molecule has 1 heterocycles. The highest BCUT2D eigenvalue weighted by molar-refractivity contribution is 5.85. The molecule has 1 N–H and O–H groups in total. The molecule has 0 saturated heterocycles. The smallest absolute Gasteiger partial charge is 0.345 e. The second-order valence-corrected chi connectivity index (χ2v) is 4.34. The first kappa shape index (κ1) is 14.6. The molecule has 7 nitrogen and oxygen atoms in total. The van der Waals surface area contributed by atoms with Gasteiger partial charge in [-0.15, -0.1) is 0 Å². The predicted octanol–water partition coefficient (Wildman–Crippen LogP) is 0.759. The fourth-order valence-electron chi connectivity index (χ4n) is 1.67. The van der Waals surface area contributed by atoms with Crippen molar-refractivity contribution in [2.75, 3.05) is 6.61 Å². The minimum atomic E-state index is -0.990. The van der Waals surface area contributed by atoms with E-state index >= 15 is 0 Å². The normalized spacial score (nSPS) is 10.9. The summed E-state index contributed by atoms with van der Waals surface area (Å²) in [7, 11) is 1.63. The fourth-order valence-corrected chi connectivity index (χ4v) is 1.67. The van der Waals surface area contributed by atoms with E-state index in [1.165, 1.54) is 21.7 Å². The van der Waals surface area contributed by atoms with E-state index in [-0.39, 0.29) is 5.69 Å². The first-order valence-corrected chi connectivity index (χ1v) is 6.28. The zero-order valence-corrected chi connectivity index (χ0v) is 11.5. The maximum atomic E-state index is 11.5. The lowest BCUT2D eigenvalue weighted by atomic mass is 10.2. The van der Waals surface area contributed by atoms with Gasteiger partial charge in [0.2, 0.25) is 0 Å². The van der Waals surface area contributed by atoms with Crippen molar-refractivity contribution >= 4 is 12.0 Å². The zero-order valence-electron chi connectivity index (χ0n) is 11.5. The van der Waals surface area contributed by atoms with Crippen molar-refractivity contribution < 1.29 is 14.6 Å². The van der Waals surface area contributed by atoms with E-state index in [1.807, 2.05) is 0 Å². The second kappa shape index (κ2) is 6.56. The van der Waals surface area contributed by atoms with E-state index < -0.39 is 5.97 Å². The van der Waals surface area contributed by atoms with Crippen LogP contribution < -0.4 is 10.4 Å². The average molecular weight is 289 g/mol. The Hall–Kier alpha value is -2.83. The first-order chi connectivity index (χ1) is 10.1. The summed E-state index contributed by atoms with van der Waals surface area (Å²) < 4.78 is 8.22. The zero-order chi connectivity index (χ0) is 15.2. The second-order valence-electron chi connectivity index (χ2n) is 4.34. The highest BCUT2D eigenvalue weighted by Gasteiger charge is 2.01. The molecule has 0 spiro atoms. The Labute approximate surface area is 120 Å². The largest absolute Gasteiger partial charge is 0.492 e. The number of nitrogens with zero attached hydrogens (tertiary/aromatic N) is 3. The quantitative estimate of drug-likeness (QED) is 0.793. The van der Waals surface area contributed by atoms with Crippen molar-refractivity contribution in [3.63, 3.8) is 0 Å². The summed E-state index contributed by atoms with van der Waals surface area (Å²) in [5.74, 6) is -0.345. The number of carbonyl (C=O) groups is 1. The van der Waals surface area contributed by atoms with Gasteiger partial charge in [-0.3, -0.25) is 4.57 Å². The van der Waals surface area contributed by atoms with Crippen LogP contribution >= 0.6 is 0 Å². The third-order valence-electron chi connectivity index (χ3n) is 2.76. The third-order valence-corrected chi connectivity index (χ3v) is 2.76. The van der Waals surface area contributed by atoms with Gasteiger partial charge in [0.25, 0.3) is 0 Å². The van der Waals surface area contributed by atoms with E-state index in [9.17, 15) is 9.59 Å². The van der Waals surface area contributed by atoms with Gasteiger partial charge in [-0.05, 0) is 23.8 Å². The first-order valence-electron chi connectivity index (χ1n) is 6.28. The number of rotatable bonds is 6. The number of ether oxygens (including phenoxy) is 1. The van der Waals surface area contributed by atoms with Gasteiger partial charge in [0, 0.05) is 13.1 Å². The van der Waals surface area contributed by atoms with E-state index in [1.54, 1.807) is 31.3 Å². The predicted molar refractivity (Wildman–Crippen MR) is 76.1 cm³/mol. The molecule has 0 bridgehead atoms. The summed E-state index contributed by atoms with van der Waals surface area (Å²) in [6.45, 7) is 0.682. The van der Waals surface area contributed by atoms with Crippen LogP contribution in [-0.2, 0) is 18.4 Å².